The maximum atomic E-state index is 14.2. The maximum Gasteiger partial charge on any atom is 0.418 e. The SMILES string of the molecule is CC(C)(C)OC(=O)NCCC[N+]1(C)CCc2cc(OCCO/N=C(\C(=O)C[C@@H]3C(=O)N(OS(=O)(=O)O)C3(C)C)c3csc(NC(c4ccccc4)(c4ccccc4)c4ccccc4)n3)ccc2C1. The third kappa shape index (κ3) is 11.9. The summed E-state index contributed by atoms with van der Waals surface area (Å²) in [7, 11) is -2.77. The minimum atomic E-state index is -5.00. The number of carbonyl (C=O) groups excluding carboxylic acids is 3. The van der Waals surface area contributed by atoms with Crippen molar-refractivity contribution < 1.29 is 50.4 Å². The van der Waals surface area contributed by atoms with E-state index in [4.69, 9.17) is 19.3 Å². The maximum absolute atomic E-state index is 14.2. The summed E-state index contributed by atoms with van der Waals surface area (Å²) in [5, 5.41) is 13.5. The third-order valence-electron chi connectivity index (χ3n) is 12.2. The lowest BCUT2D eigenvalue weighted by molar-refractivity contribution is -0.924. The fraction of sp³-hybridized carbons (Fsp3) is 0.380. The number of alkyl carbamates (subject to hydrolysis) is 1. The average Bonchev–Trinajstić information content (AvgIpc) is 3.77. The Kier molecular flexibility index (Phi) is 15.1. The van der Waals surface area contributed by atoms with Crippen molar-refractivity contribution in [3.05, 3.63) is 148 Å². The molecule has 0 spiro atoms. The van der Waals surface area contributed by atoms with Gasteiger partial charge in [-0.15, -0.1) is 15.6 Å². The normalized spacial score (nSPS) is 18.2. The van der Waals surface area contributed by atoms with E-state index in [1.807, 2.05) is 124 Å². The number of quaternary nitrogens is 1. The summed E-state index contributed by atoms with van der Waals surface area (Å²) < 4.78 is 49.1. The minimum absolute atomic E-state index is 0.0294. The number of ether oxygens (including phenoxy) is 2. The highest BCUT2D eigenvalue weighted by Gasteiger charge is 2.57. The molecule has 2 atom stereocenters. The number of β-lactam (4-membered cyclic amide) rings is 1. The Balaban J connectivity index is 1.06. The smallest absolute Gasteiger partial charge is 0.418 e. The summed E-state index contributed by atoms with van der Waals surface area (Å²) >= 11 is 1.27. The van der Waals surface area contributed by atoms with Gasteiger partial charge in [-0.25, -0.2) is 9.78 Å². The number of nitrogens with one attached hydrogen (secondary N) is 2. The number of Topliss-reactive ketones (excluding diaryl/α,β-unsaturated/α-hetero) is 1. The summed E-state index contributed by atoms with van der Waals surface area (Å²) in [4.78, 5) is 50.1. The van der Waals surface area contributed by atoms with E-state index in [0.717, 1.165) is 53.6 Å². The van der Waals surface area contributed by atoms with Gasteiger partial charge in [-0.1, -0.05) is 96.2 Å². The van der Waals surface area contributed by atoms with Crippen molar-refractivity contribution in [2.45, 2.75) is 77.1 Å². The third-order valence-corrected chi connectivity index (χ3v) is 13.2. The number of ketones is 1. The highest BCUT2D eigenvalue weighted by atomic mass is 32.3. The van der Waals surface area contributed by atoms with Crippen LogP contribution in [0.2, 0.25) is 0 Å². The number of anilines is 1. The molecule has 0 aliphatic carbocycles. The molecule has 2 amide bonds. The molecule has 5 aromatic rings. The number of carbonyl (C=O) groups is 3. The number of thiazole rings is 1. The number of benzene rings is 4. The predicted molar refractivity (Wildman–Crippen MR) is 258 cm³/mol. The first kappa shape index (κ1) is 49.7. The van der Waals surface area contributed by atoms with Crippen LogP contribution in [-0.2, 0) is 52.4 Å². The molecule has 3 heterocycles. The van der Waals surface area contributed by atoms with Crippen LogP contribution in [0.4, 0.5) is 9.93 Å². The number of hydrogen-bond donors (Lipinski definition) is 3. The van der Waals surface area contributed by atoms with Crippen LogP contribution in [-0.4, -0.2) is 102 Å². The van der Waals surface area contributed by atoms with Crippen LogP contribution in [0.15, 0.2) is 120 Å². The number of hydrogen-bond acceptors (Lipinski definition) is 13. The molecule has 3 N–H and O–H groups in total. The Morgan fingerprint density at radius 1 is 0.926 bits per heavy atom. The summed E-state index contributed by atoms with van der Waals surface area (Å²) in [5.41, 5.74) is 2.61. The molecule has 1 saturated heterocycles. The number of rotatable bonds is 20. The van der Waals surface area contributed by atoms with E-state index in [0.29, 0.717) is 22.5 Å². The Morgan fingerprint density at radius 3 is 2.12 bits per heavy atom. The monoisotopic (exact) mass is 967 g/mol. The molecule has 1 unspecified atom stereocenters. The highest BCUT2D eigenvalue weighted by molar-refractivity contribution is 7.80. The molecule has 2 aliphatic heterocycles. The Bertz CT molecular complexity index is 2610. The Labute approximate surface area is 401 Å². The van der Waals surface area contributed by atoms with Crippen LogP contribution < -0.4 is 15.4 Å². The lowest BCUT2D eigenvalue weighted by Crippen LogP contribution is -2.68. The van der Waals surface area contributed by atoms with Crippen LogP contribution in [0, 0.1) is 5.92 Å². The summed E-state index contributed by atoms with van der Waals surface area (Å²) in [6.45, 7) is 11.9. The van der Waals surface area contributed by atoms with Crippen LogP contribution >= 0.6 is 11.3 Å². The Hall–Kier alpha value is -6.18. The molecule has 1 aromatic heterocycles. The van der Waals surface area contributed by atoms with Crippen LogP contribution in [0.25, 0.3) is 0 Å². The van der Waals surface area contributed by atoms with Gasteiger partial charge in [0.15, 0.2) is 23.2 Å². The molecule has 1 fully saturated rings. The Morgan fingerprint density at radius 2 is 1.54 bits per heavy atom. The number of amides is 2. The lowest BCUT2D eigenvalue weighted by atomic mass is 9.74. The van der Waals surface area contributed by atoms with Gasteiger partial charge in [0.2, 0.25) is 0 Å². The number of hydroxylamine groups is 2. The molecular weight excluding hydrogens is 909 g/mol. The number of likely N-dealkylation sites (N-methyl/N-ethyl adjacent to an activating group) is 1. The van der Waals surface area contributed by atoms with Crippen LogP contribution in [0.3, 0.4) is 0 Å². The van der Waals surface area contributed by atoms with Gasteiger partial charge in [-0.05, 0) is 75.1 Å². The molecule has 0 radical (unpaired) electrons. The second kappa shape index (κ2) is 20.6. The molecular formula is C50H59N6O10S2+. The molecule has 7 rings (SSSR count). The van der Waals surface area contributed by atoms with Crippen molar-refractivity contribution in [2.75, 3.05) is 45.2 Å². The van der Waals surface area contributed by atoms with Crippen LogP contribution in [0.5, 0.6) is 5.75 Å². The van der Waals surface area contributed by atoms with E-state index in [9.17, 15) is 27.4 Å². The molecule has 68 heavy (non-hydrogen) atoms. The van der Waals surface area contributed by atoms with E-state index in [1.54, 1.807) is 5.38 Å². The standard InChI is InChI=1S/C50H58N6O10S2/c1-48(2,3)65-47(59)51-26-16-27-56(6)28-25-35-31-40(24-23-36(35)33-56)63-29-30-64-54-44(43(57)32-41-45(58)55(49(41,4)5)66-68(60,61)62)42-34-67-46(52-42)53-50(37-17-10-7-11-18-37,38-19-12-8-13-20-38)39-21-14-9-15-22-39/h7-15,17-24,31,34,41H,16,25-30,32-33H2,1-6H3,(H2-,51,52,53,59,60,61,62)/p+1/b54-44-/t41-,56?/m1/s1. The second-order valence-electron chi connectivity index (χ2n) is 18.8. The van der Waals surface area contributed by atoms with Gasteiger partial charge in [-0.2, -0.15) is 13.5 Å². The van der Waals surface area contributed by atoms with Crippen molar-refractivity contribution in [2.24, 2.45) is 11.1 Å². The summed E-state index contributed by atoms with van der Waals surface area (Å²) in [6, 6.07) is 36.0. The first-order valence-electron chi connectivity index (χ1n) is 22.5. The number of nitrogens with zero attached hydrogens (tertiary/aromatic N) is 4. The van der Waals surface area contributed by atoms with E-state index in [1.165, 1.54) is 36.3 Å². The van der Waals surface area contributed by atoms with Crippen molar-refractivity contribution in [3.8, 4) is 5.75 Å². The molecule has 2 aliphatic rings. The van der Waals surface area contributed by atoms with Gasteiger partial charge in [0.25, 0.3) is 5.91 Å². The van der Waals surface area contributed by atoms with E-state index < -0.39 is 50.8 Å². The predicted octanol–water partition coefficient (Wildman–Crippen LogP) is 7.69. The van der Waals surface area contributed by atoms with Crippen molar-refractivity contribution in [1.82, 2.24) is 15.4 Å². The van der Waals surface area contributed by atoms with Gasteiger partial charge in [0, 0.05) is 36.8 Å². The number of aromatic nitrogens is 1. The van der Waals surface area contributed by atoms with E-state index in [-0.39, 0.29) is 31.0 Å². The van der Waals surface area contributed by atoms with Crippen molar-refractivity contribution in [1.29, 1.82) is 0 Å². The van der Waals surface area contributed by atoms with Gasteiger partial charge >= 0.3 is 16.5 Å². The average molecular weight is 968 g/mol. The minimum Gasteiger partial charge on any atom is -0.490 e. The largest absolute Gasteiger partial charge is 0.490 e. The molecule has 4 aromatic carbocycles. The molecule has 0 saturated carbocycles. The van der Waals surface area contributed by atoms with Crippen molar-refractivity contribution in [3.63, 3.8) is 0 Å². The van der Waals surface area contributed by atoms with E-state index >= 15 is 0 Å². The summed E-state index contributed by atoms with van der Waals surface area (Å²) in [6.07, 6.45) is 0.896. The first-order valence-corrected chi connectivity index (χ1v) is 24.7. The molecule has 16 nitrogen and oxygen atoms in total. The number of oxime groups is 1. The molecule has 0 bridgehead atoms. The second-order valence-corrected chi connectivity index (χ2v) is 20.7. The fourth-order valence-corrected chi connectivity index (χ4v) is 9.90. The van der Waals surface area contributed by atoms with Gasteiger partial charge in [0.05, 0.1) is 31.6 Å². The van der Waals surface area contributed by atoms with E-state index in [2.05, 4.69) is 33.2 Å². The highest BCUT2D eigenvalue weighted by Crippen LogP contribution is 2.42. The van der Waals surface area contributed by atoms with Gasteiger partial charge in [-0.3, -0.25) is 14.1 Å². The molecule has 18 heteroatoms. The fourth-order valence-electron chi connectivity index (χ4n) is 8.69. The zero-order chi connectivity index (χ0) is 48.7. The molecule has 360 valence electrons. The summed E-state index contributed by atoms with van der Waals surface area (Å²) in [5.74, 6) is -1.72. The zero-order valence-electron chi connectivity index (χ0n) is 39.1. The van der Waals surface area contributed by atoms with Crippen molar-refractivity contribution >= 4 is 50.4 Å². The number of fused-ring (bicyclic) bond motifs is 1. The van der Waals surface area contributed by atoms with Gasteiger partial charge < -0.3 is 29.4 Å². The van der Waals surface area contributed by atoms with Crippen LogP contribution in [0.1, 0.15) is 81.0 Å². The van der Waals surface area contributed by atoms with Gasteiger partial charge in [0.1, 0.15) is 35.7 Å². The first-order chi connectivity index (χ1) is 32.3. The zero-order valence-corrected chi connectivity index (χ0v) is 40.8. The topological polar surface area (TPSA) is 195 Å². The quantitative estimate of drug-likeness (QED) is 0.0131. The lowest BCUT2D eigenvalue weighted by Gasteiger charge is -2.50.